The van der Waals surface area contributed by atoms with Crippen molar-refractivity contribution in [1.29, 1.82) is 5.26 Å². The molecule has 13 nitrogen and oxygen atoms in total. The molecule has 0 fully saturated rings. The predicted molar refractivity (Wildman–Crippen MR) is 108 cm³/mol. The van der Waals surface area contributed by atoms with Crippen LogP contribution in [0.15, 0.2) is 38.1 Å². The highest BCUT2D eigenvalue weighted by molar-refractivity contribution is 7.94. The second-order valence-corrected chi connectivity index (χ2v) is 6.76. The van der Waals surface area contributed by atoms with Crippen molar-refractivity contribution in [2.24, 2.45) is 10.2 Å². The Hall–Kier alpha value is -3.32. The average molecular weight is 466 g/mol. The van der Waals surface area contributed by atoms with E-state index in [1.807, 2.05) is 0 Å². The van der Waals surface area contributed by atoms with Gasteiger partial charge in [0.15, 0.2) is 5.69 Å². The molecule has 2 aromatic rings. The van der Waals surface area contributed by atoms with Crippen molar-refractivity contribution in [3.8, 4) is 11.9 Å². The predicted octanol–water partition coefficient (Wildman–Crippen LogP) is 2.28. The summed E-state index contributed by atoms with van der Waals surface area (Å²) in [5, 5.41) is 57.2. The number of aromatic carboxylic acids is 1. The maximum atomic E-state index is 12.8. The van der Waals surface area contributed by atoms with Crippen molar-refractivity contribution in [2.75, 3.05) is 19.8 Å². The summed E-state index contributed by atoms with van der Waals surface area (Å²) in [5.74, 6) is -1.89. The smallest absolute Gasteiger partial charge is 0.337 e. The summed E-state index contributed by atoms with van der Waals surface area (Å²) in [6.45, 7) is 1.02. The average Bonchev–Trinajstić information content (AvgIpc) is 2.77. The second kappa shape index (κ2) is 11.9. The highest BCUT2D eigenvalue weighted by atomic mass is 32.2. The fourth-order valence-corrected chi connectivity index (χ4v) is 2.96. The van der Waals surface area contributed by atoms with E-state index in [9.17, 15) is 25.1 Å². The Bertz CT molecular complexity index is 1110. The molecule has 0 aliphatic carbocycles. The fraction of sp³-hybridized carbons (Fsp3) is 0.278. The van der Waals surface area contributed by atoms with Gasteiger partial charge >= 0.3 is 5.97 Å². The lowest BCUT2D eigenvalue weighted by Gasteiger charge is -2.13. The third kappa shape index (κ3) is 5.88. The number of carbonyl (C=O) groups is 1. The molecule has 32 heavy (non-hydrogen) atoms. The Balaban J connectivity index is 2.53. The first kappa shape index (κ1) is 24.9. The van der Waals surface area contributed by atoms with Gasteiger partial charge in [0.1, 0.15) is 17.3 Å². The van der Waals surface area contributed by atoms with Crippen LogP contribution in [0.5, 0.6) is 5.88 Å². The Morgan fingerprint density at radius 1 is 1.31 bits per heavy atom. The molecular formula is C18H18N4O9S. The zero-order chi connectivity index (χ0) is 23.7. The zero-order valence-electron chi connectivity index (χ0n) is 16.6. The van der Waals surface area contributed by atoms with Gasteiger partial charge < -0.3 is 20.1 Å². The minimum atomic E-state index is -1.31. The number of aliphatic hydroxyl groups excluding tert-OH is 1. The Labute approximate surface area is 184 Å². The van der Waals surface area contributed by atoms with E-state index in [1.165, 1.54) is 25.1 Å². The first-order valence-corrected chi connectivity index (χ1v) is 9.58. The number of aromatic hydroxyl groups is 1. The normalized spacial score (nSPS) is 11.1. The molecule has 0 aliphatic heterocycles. The molecule has 0 radical (unpaired) electrons. The third-order valence-electron chi connectivity index (χ3n) is 4.08. The number of azo groups is 1. The van der Waals surface area contributed by atoms with Gasteiger partial charge in [-0.2, -0.15) is 5.26 Å². The van der Waals surface area contributed by atoms with Crippen LogP contribution in [-0.2, 0) is 20.7 Å². The number of ether oxygens (including phenoxy) is 1. The van der Waals surface area contributed by atoms with E-state index in [1.54, 1.807) is 6.07 Å². The molecule has 0 unspecified atom stereocenters. The second-order valence-electron chi connectivity index (χ2n) is 5.99. The van der Waals surface area contributed by atoms with E-state index in [2.05, 4.69) is 19.6 Å². The van der Waals surface area contributed by atoms with Gasteiger partial charge in [0.25, 0.3) is 5.56 Å². The molecule has 0 amide bonds. The monoisotopic (exact) mass is 466 g/mol. The molecule has 1 aromatic heterocycles. The van der Waals surface area contributed by atoms with Crippen LogP contribution in [-0.4, -0.2) is 50.9 Å². The Morgan fingerprint density at radius 2 is 2.06 bits per heavy atom. The van der Waals surface area contributed by atoms with Crippen molar-refractivity contribution < 1.29 is 39.5 Å². The maximum Gasteiger partial charge on any atom is 0.337 e. The SMILES string of the molecule is Cc1c(C#N)c(O)n(CCOCCO)c(=O)c1N=Nc1cc(SOOO)ccc1C(=O)O. The van der Waals surface area contributed by atoms with Crippen LogP contribution in [0.1, 0.15) is 21.5 Å². The zero-order valence-corrected chi connectivity index (χ0v) is 17.4. The van der Waals surface area contributed by atoms with Crippen molar-refractivity contribution in [3.63, 3.8) is 0 Å². The van der Waals surface area contributed by atoms with Crippen molar-refractivity contribution in [1.82, 2.24) is 4.57 Å². The van der Waals surface area contributed by atoms with Crippen LogP contribution in [0.2, 0.25) is 0 Å². The van der Waals surface area contributed by atoms with Crippen molar-refractivity contribution in [2.45, 2.75) is 18.4 Å². The summed E-state index contributed by atoms with van der Waals surface area (Å²) >= 11 is 0.566. The number of hydrogen-bond acceptors (Lipinski definition) is 12. The third-order valence-corrected chi connectivity index (χ3v) is 4.66. The van der Waals surface area contributed by atoms with Crippen LogP contribution in [0.25, 0.3) is 0 Å². The number of pyridine rings is 1. The molecule has 1 aromatic carbocycles. The molecular weight excluding hydrogens is 448 g/mol. The molecule has 0 bridgehead atoms. The first-order chi connectivity index (χ1) is 15.3. The minimum absolute atomic E-state index is 0.0242. The number of carboxylic acid groups (broad SMARTS) is 1. The number of aliphatic hydroxyl groups is 1. The Morgan fingerprint density at radius 3 is 2.69 bits per heavy atom. The van der Waals surface area contributed by atoms with E-state index in [-0.39, 0.29) is 54.4 Å². The lowest BCUT2D eigenvalue weighted by Crippen LogP contribution is -2.24. The number of benzene rings is 1. The summed E-state index contributed by atoms with van der Waals surface area (Å²) in [6.07, 6.45) is 0. The van der Waals surface area contributed by atoms with E-state index in [0.29, 0.717) is 16.9 Å². The molecule has 0 spiro atoms. The highest BCUT2D eigenvalue weighted by Crippen LogP contribution is 2.31. The molecule has 4 N–H and O–H groups in total. The van der Waals surface area contributed by atoms with Crippen LogP contribution in [0.3, 0.4) is 0 Å². The van der Waals surface area contributed by atoms with Crippen LogP contribution >= 0.6 is 12.0 Å². The van der Waals surface area contributed by atoms with Gasteiger partial charge in [0.05, 0.1) is 44.0 Å². The van der Waals surface area contributed by atoms with Crippen LogP contribution in [0, 0.1) is 18.3 Å². The van der Waals surface area contributed by atoms with Gasteiger partial charge in [-0.25, -0.2) is 10.1 Å². The van der Waals surface area contributed by atoms with Crippen molar-refractivity contribution in [3.05, 3.63) is 45.2 Å². The molecule has 1 heterocycles. The molecule has 2 rings (SSSR count). The molecule has 0 atom stereocenters. The molecule has 0 saturated carbocycles. The van der Waals surface area contributed by atoms with Gasteiger partial charge in [0, 0.05) is 10.5 Å². The summed E-state index contributed by atoms with van der Waals surface area (Å²) in [6, 6.07) is 5.63. The molecule has 14 heteroatoms. The van der Waals surface area contributed by atoms with Gasteiger partial charge in [-0.3, -0.25) is 9.36 Å². The van der Waals surface area contributed by atoms with E-state index in [4.69, 9.17) is 15.1 Å². The number of carboxylic acids is 1. The molecule has 170 valence electrons. The number of rotatable bonds is 11. The van der Waals surface area contributed by atoms with Gasteiger partial charge in [-0.1, -0.05) is 5.04 Å². The summed E-state index contributed by atoms with van der Waals surface area (Å²) in [7, 11) is 0. The van der Waals surface area contributed by atoms with Gasteiger partial charge in [0.2, 0.25) is 5.88 Å². The standard InChI is InChI=1S/C18H18N4O9S/c1-10-13(9-19)16(24)22(4-6-29-7-5-23)17(25)15(10)21-20-14-8-11(32-31-30-28)2-3-12(14)18(26)27/h2-3,8,23-24,28H,4-7H2,1H3,(H,26,27). The topological polar surface area (TPSA) is 196 Å². The minimum Gasteiger partial charge on any atom is -0.493 e. The first-order valence-electron chi connectivity index (χ1n) is 8.84. The van der Waals surface area contributed by atoms with E-state index in [0.717, 1.165) is 4.57 Å². The van der Waals surface area contributed by atoms with Crippen LogP contribution in [0.4, 0.5) is 11.4 Å². The Kier molecular flexibility index (Phi) is 9.28. The lowest BCUT2D eigenvalue weighted by molar-refractivity contribution is -0.432. The summed E-state index contributed by atoms with van der Waals surface area (Å²) in [5.41, 5.74) is -1.62. The molecule has 0 aliphatic rings. The number of nitrogens with zero attached hydrogens (tertiary/aromatic N) is 4. The van der Waals surface area contributed by atoms with Crippen LogP contribution < -0.4 is 5.56 Å². The highest BCUT2D eigenvalue weighted by Gasteiger charge is 2.19. The quantitative estimate of drug-likeness (QED) is 0.125. The van der Waals surface area contributed by atoms with E-state index < -0.39 is 17.4 Å². The fourth-order valence-electron chi connectivity index (χ4n) is 2.57. The largest absolute Gasteiger partial charge is 0.493 e. The molecule has 0 saturated heterocycles. The van der Waals surface area contributed by atoms with E-state index >= 15 is 0 Å². The lowest BCUT2D eigenvalue weighted by atomic mass is 10.1. The number of nitriles is 1. The maximum absolute atomic E-state index is 12.8. The number of aromatic nitrogens is 1. The summed E-state index contributed by atoms with van der Waals surface area (Å²) in [4.78, 5) is 24.6. The van der Waals surface area contributed by atoms with Gasteiger partial charge in [-0.05, 0) is 25.1 Å². The van der Waals surface area contributed by atoms with Gasteiger partial charge in [-0.15, -0.1) is 14.6 Å². The number of hydrogen-bond donors (Lipinski definition) is 4. The van der Waals surface area contributed by atoms with Crippen molar-refractivity contribution >= 4 is 29.4 Å². The summed E-state index contributed by atoms with van der Waals surface area (Å²) < 4.78 is 10.3.